The first-order valence-electron chi connectivity index (χ1n) is 6.32. The van der Waals surface area contributed by atoms with E-state index < -0.39 is 9.84 Å². The zero-order chi connectivity index (χ0) is 15.0. The number of nitrogens with one attached hydrogen (secondary N) is 1. The molecule has 0 fully saturated rings. The first kappa shape index (κ1) is 13.7. The number of aromatic amines is 1. The molecule has 0 unspecified atom stereocenters. The van der Waals surface area contributed by atoms with Gasteiger partial charge in [-0.2, -0.15) is 0 Å². The molecule has 3 rings (SSSR count). The minimum absolute atomic E-state index is 0.261. The lowest BCUT2D eigenvalue weighted by Crippen LogP contribution is -1.97. The molecule has 0 amide bonds. The Hall–Kier alpha value is -2.25. The van der Waals surface area contributed by atoms with E-state index in [4.69, 9.17) is 5.73 Å². The van der Waals surface area contributed by atoms with Gasteiger partial charge in [0.05, 0.1) is 15.9 Å². The molecule has 3 aromatic rings. The highest BCUT2D eigenvalue weighted by Gasteiger charge is 2.11. The Morgan fingerprint density at radius 3 is 2.67 bits per heavy atom. The van der Waals surface area contributed by atoms with E-state index in [1.165, 1.54) is 6.26 Å². The SMILES string of the molecule is CS(=O)(=O)c1ccc2nc(-c3ccc(CN)cn3)[nH]c2c1. The van der Waals surface area contributed by atoms with Crippen LogP contribution in [0.5, 0.6) is 0 Å². The van der Waals surface area contributed by atoms with Gasteiger partial charge in [-0.15, -0.1) is 0 Å². The third kappa shape index (κ3) is 2.65. The first-order valence-corrected chi connectivity index (χ1v) is 8.22. The monoisotopic (exact) mass is 302 g/mol. The van der Waals surface area contributed by atoms with E-state index in [2.05, 4.69) is 15.0 Å². The third-order valence-corrected chi connectivity index (χ3v) is 4.29. The molecule has 21 heavy (non-hydrogen) atoms. The van der Waals surface area contributed by atoms with Crippen molar-refractivity contribution in [1.29, 1.82) is 0 Å². The van der Waals surface area contributed by atoms with Gasteiger partial charge in [-0.3, -0.25) is 4.98 Å². The van der Waals surface area contributed by atoms with Crippen LogP contribution in [0.3, 0.4) is 0 Å². The number of imidazole rings is 1. The average molecular weight is 302 g/mol. The van der Waals surface area contributed by atoms with Crippen molar-refractivity contribution in [1.82, 2.24) is 15.0 Å². The molecule has 0 aliphatic rings. The summed E-state index contributed by atoms with van der Waals surface area (Å²) in [5, 5.41) is 0. The second-order valence-corrected chi connectivity index (χ2v) is 6.81. The number of nitrogens with zero attached hydrogens (tertiary/aromatic N) is 2. The molecule has 7 heteroatoms. The van der Waals surface area contributed by atoms with Gasteiger partial charge in [-0.25, -0.2) is 13.4 Å². The van der Waals surface area contributed by atoms with Gasteiger partial charge in [0.15, 0.2) is 15.7 Å². The van der Waals surface area contributed by atoms with E-state index in [-0.39, 0.29) is 4.90 Å². The quantitative estimate of drug-likeness (QED) is 0.763. The van der Waals surface area contributed by atoms with Gasteiger partial charge in [0, 0.05) is 19.0 Å². The Morgan fingerprint density at radius 2 is 2.05 bits per heavy atom. The summed E-state index contributed by atoms with van der Waals surface area (Å²) in [6.07, 6.45) is 2.88. The summed E-state index contributed by atoms with van der Waals surface area (Å²) < 4.78 is 23.1. The van der Waals surface area contributed by atoms with Gasteiger partial charge in [0.1, 0.15) is 5.69 Å². The van der Waals surface area contributed by atoms with Crippen molar-refractivity contribution in [2.45, 2.75) is 11.4 Å². The largest absolute Gasteiger partial charge is 0.337 e. The number of aromatic nitrogens is 3. The Morgan fingerprint density at radius 1 is 1.24 bits per heavy atom. The summed E-state index contributed by atoms with van der Waals surface area (Å²) in [5.74, 6) is 0.597. The smallest absolute Gasteiger partial charge is 0.175 e. The van der Waals surface area contributed by atoms with Gasteiger partial charge < -0.3 is 10.7 Å². The van der Waals surface area contributed by atoms with Crippen LogP contribution in [-0.2, 0) is 16.4 Å². The van der Waals surface area contributed by atoms with Gasteiger partial charge >= 0.3 is 0 Å². The second kappa shape index (κ2) is 4.94. The first-order chi connectivity index (χ1) is 9.97. The van der Waals surface area contributed by atoms with E-state index in [0.717, 1.165) is 5.56 Å². The van der Waals surface area contributed by atoms with E-state index in [1.807, 2.05) is 12.1 Å². The Kier molecular flexibility index (Phi) is 3.23. The molecule has 1 aromatic carbocycles. The number of H-pyrrole nitrogens is 1. The fourth-order valence-electron chi connectivity index (χ4n) is 2.03. The summed E-state index contributed by atoms with van der Waals surface area (Å²) in [4.78, 5) is 12.1. The number of hydrogen-bond donors (Lipinski definition) is 2. The van der Waals surface area contributed by atoms with Crippen LogP contribution in [0.1, 0.15) is 5.56 Å². The molecule has 2 aromatic heterocycles. The fourth-order valence-corrected chi connectivity index (χ4v) is 2.67. The summed E-state index contributed by atoms with van der Waals surface area (Å²) in [5.41, 5.74) is 8.52. The molecule has 6 nitrogen and oxygen atoms in total. The molecule has 0 spiro atoms. The minimum atomic E-state index is -3.24. The maximum absolute atomic E-state index is 11.6. The predicted molar refractivity (Wildman–Crippen MR) is 80.3 cm³/mol. The number of rotatable bonds is 3. The topological polar surface area (TPSA) is 102 Å². The van der Waals surface area contributed by atoms with Crippen LogP contribution in [0, 0.1) is 0 Å². The van der Waals surface area contributed by atoms with Crippen LogP contribution in [0.4, 0.5) is 0 Å². The maximum atomic E-state index is 11.6. The Bertz CT molecular complexity index is 898. The maximum Gasteiger partial charge on any atom is 0.175 e. The molecule has 0 saturated carbocycles. The molecule has 3 N–H and O–H groups in total. The van der Waals surface area contributed by atoms with Crippen molar-refractivity contribution in [2.24, 2.45) is 5.73 Å². The van der Waals surface area contributed by atoms with Gasteiger partial charge in [-0.1, -0.05) is 6.07 Å². The predicted octanol–water partition coefficient (Wildman–Crippen LogP) is 1.49. The van der Waals surface area contributed by atoms with Crippen LogP contribution in [-0.4, -0.2) is 29.6 Å². The molecule has 0 bridgehead atoms. The third-order valence-electron chi connectivity index (χ3n) is 3.18. The van der Waals surface area contributed by atoms with Crippen molar-refractivity contribution in [3.05, 3.63) is 42.1 Å². The van der Waals surface area contributed by atoms with Crippen molar-refractivity contribution in [2.75, 3.05) is 6.26 Å². The molecule has 108 valence electrons. The second-order valence-electron chi connectivity index (χ2n) is 4.79. The van der Waals surface area contributed by atoms with Crippen molar-refractivity contribution >= 4 is 20.9 Å². The number of pyridine rings is 1. The lowest BCUT2D eigenvalue weighted by Gasteiger charge is -1.98. The molecule has 0 radical (unpaired) electrons. The Labute approximate surface area is 122 Å². The van der Waals surface area contributed by atoms with Crippen LogP contribution < -0.4 is 5.73 Å². The highest BCUT2D eigenvalue weighted by atomic mass is 32.2. The lowest BCUT2D eigenvalue weighted by atomic mass is 10.2. The summed E-state index contributed by atoms with van der Waals surface area (Å²) in [6.45, 7) is 0.436. The number of fused-ring (bicyclic) bond motifs is 1. The average Bonchev–Trinajstić information content (AvgIpc) is 2.89. The number of nitrogens with two attached hydrogens (primary N) is 1. The molecular weight excluding hydrogens is 288 g/mol. The normalized spacial score (nSPS) is 11.9. The summed E-state index contributed by atoms with van der Waals surface area (Å²) >= 11 is 0. The number of benzene rings is 1. The van der Waals surface area contributed by atoms with E-state index in [1.54, 1.807) is 24.4 Å². The molecule has 0 saturated heterocycles. The molecular formula is C14H14N4O2S. The highest BCUT2D eigenvalue weighted by molar-refractivity contribution is 7.90. The standard InChI is InChI=1S/C14H14N4O2S/c1-21(19,20)10-3-5-11-13(6-10)18-14(17-11)12-4-2-9(7-15)8-16-12/h2-6,8H,7,15H2,1H3,(H,17,18). The Balaban J connectivity index is 2.08. The van der Waals surface area contributed by atoms with Crippen LogP contribution in [0.25, 0.3) is 22.6 Å². The number of hydrogen-bond acceptors (Lipinski definition) is 5. The fraction of sp³-hybridized carbons (Fsp3) is 0.143. The van der Waals surface area contributed by atoms with Crippen LogP contribution in [0.15, 0.2) is 41.4 Å². The van der Waals surface area contributed by atoms with Gasteiger partial charge in [0.2, 0.25) is 0 Å². The zero-order valence-corrected chi connectivity index (χ0v) is 12.2. The molecule has 2 heterocycles. The van der Waals surface area contributed by atoms with Crippen LogP contribution in [0.2, 0.25) is 0 Å². The van der Waals surface area contributed by atoms with Crippen molar-refractivity contribution in [3.63, 3.8) is 0 Å². The van der Waals surface area contributed by atoms with Crippen molar-refractivity contribution in [3.8, 4) is 11.5 Å². The lowest BCUT2D eigenvalue weighted by molar-refractivity contribution is 0.602. The van der Waals surface area contributed by atoms with E-state index >= 15 is 0 Å². The van der Waals surface area contributed by atoms with Gasteiger partial charge in [0.25, 0.3) is 0 Å². The highest BCUT2D eigenvalue weighted by Crippen LogP contribution is 2.21. The van der Waals surface area contributed by atoms with E-state index in [9.17, 15) is 8.42 Å². The summed E-state index contributed by atoms with van der Waals surface area (Å²) in [6, 6.07) is 8.53. The summed E-state index contributed by atoms with van der Waals surface area (Å²) in [7, 11) is -3.24. The van der Waals surface area contributed by atoms with E-state index in [0.29, 0.717) is 29.1 Å². The number of sulfone groups is 1. The minimum Gasteiger partial charge on any atom is -0.337 e. The van der Waals surface area contributed by atoms with Gasteiger partial charge in [-0.05, 0) is 29.8 Å². The molecule has 0 atom stereocenters. The zero-order valence-electron chi connectivity index (χ0n) is 11.4. The molecule has 0 aliphatic carbocycles. The van der Waals surface area contributed by atoms with Crippen LogP contribution >= 0.6 is 0 Å². The molecule has 0 aliphatic heterocycles. The van der Waals surface area contributed by atoms with Crippen molar-refractivity contribution < 1.29 is 8.42 Å².